The van der Waals surface area contributed by atoms with Crippen LogP contribution in [0.4, 0.5) is 0 Å². The Balaban J connectivity index is 2.28. The molecule has 1 atom stereocenters. The molecular formula is C27H35O8P. The normalized spacial score (nSPS) is 15.5. The van der Waals surface area contributed by atoms with E-state index in [1.165, 1.54) is 33.5 Å². The summed E-state index contributed by atoms with van der Waals surface area (Å²) >= 11 is 0. The minimum Gasteiger partial charge on any atom is -0.496 e. The number of methoxy groups -OCH3 is 3. The predicted octanol–water partition coefficient (Wildman–Crippen LogP) is 6.19. The van der Waals surface area contributed by atoms with Gasteiger partial charge in [-0.05, 0) is 38.8 Å². The summed E-state index contributed by atoms with van der Waals surface area (Å²) < 4.78 is 42.7. The molecule has 2 aromatic carbocycles. The number of hydrogen-bond acceptors (Lipinski definition) is 8. The summed E-state index contributed by atoms with van der Waals surface area (Å²) in [7, 11) is 0.0114. The van der Waals surface area contributed by atoms with Gasteiger partial charge in [-0.3, -0.25) is 9.59 Å². The molecule has 0 amide bonds. The quantitative estimate of drug-likeness (QED) is 0.307. The third kappa shape index (κ3) is 5.24. The number of rotatable bonds is 12. The molecule has 1 unspecified atom stereocenters. The maximum atomic E-state index is 15.0. The number of ether oxygens (including phenoxy) is 5. The van der Waals surface area contributed by atoms with Crippen LogP contribution in [0.2, 0.25) is 0 Å². The molecule has 0 aliphatic heterocycles. The van der Waals surface area contributed by atoms with Gasteiger partial charge in [-0.2, -0.15) is 0 Å². The lowest BCUT2D eigenvalue weighted by atomic mass is 10.0. The molecule has 3 rings (SSSR count). The van der Waals surface area contributed by atoms with E-state index in [-0.39, 0.29) is 47.3 Å². The van der Waals surface area contributed by atoms with Crippen molar-refractivity contribution in [2.45, 2.75) is 51.6 Å². The summed E-state index contributed by atoms with van der Waals surface area (Å²) in [6.07, 6.45) is 3.56. The number of carbonyl (C=O) groups excluding carboxylic acids is 2. The molecule has 1 aliphatic carbocycles. The molecule has 9 heteroatoms. The van der Waals surface area contributed by atoms with Crippen LogP contribution < -0.4 is 23.7 Å². The average Bonchev–Trinajstić information content (AvgIpc) is 2.92. The first kappa shape index (κ1) is 27.6. The van der Waals surface area contributed by atoms with E-state index >= 15 is 4.57 Å². The monoisotopic (exact) mass is 518 g/mol. The first-order chi connectivity index (χ1) is 17.4. The van der Waals surface area contributed by atoms with E-state index in [1.807, 2.05) is 0 Å². The second-order valence-corrected chi connectivity index (χ2v) is 11.3. The average molecular weight is 519 g/mol. The van der Waals surface area contributed by atoms with E-state index in [0.717, 1.165) is 19.3 Å². The maximum absolute atomic E-state index is 15.0. The van der Waals surface area contributed by atoms with Crippen molar-refractivity contribution in [3.8, 4) is 28.7 Å². The molecule has 196 valence electrons. The minimum atomic E-state index is -4.26. The summed E-state index contributed by atoms with van der Waals surface area (Å²) in [5.74, 6) is 1.14. The third-order valence-corrected chi connectivity index (χ3v) is 9.62. The maximum Gasteiger partial charge on any atom is 0.236 e. The van der Waals surface area contributed by atoms with E-state index in [0.29, 0.717) is 18.6 Å². The summed E-state index contributed by atoms with van der Waals surface area (Å²) in [6, 6.07) is 8.00. The van der Waals surface area contributed by atoms with Crippen molar-refractivity contribution in [1.29, 1.82) is 0 Å². The summed E-state index contributed by atoms with van der Waals surface area (Å²) in [6.45, 7) is 4.16. The Morgan fingerprint density at radius 2 is 1.25 bits per heavy atom. The van der Waals surface area contributed by atoms with E-state index in [1.54, 1.807) is 32.0 Å². The predicted molar refractivity (Wildman–Crippen MR) is 138 cm³/mol. The van der Waals surface area contributed by atoms with Gasteiger partial charge in [0.2, 0.25) is 18.2 Å². The molecule has 1 aliphatic rings. The van der Waals surface area contributed by atoms with Gasteiger partial charge in [-0.1, -0.05) is 25.3 Å². The number of benzene rings is 2. The van der Waals surface area contributed by atoms with Gasteiger partial charge in [-0.25, -0.2) is 0 Å². The van der Waals surface area contributed by atoms with Crippen LogP contribution in [0, 0.1) is 0 Å². The van der Waals surface area contributed by atoms with Crippen LogP contribution in [-0.4, -0.2) is 51.3 Å². The molecule has 8 nitrogen and oxygen atoms in total. The Kier molecular flexibility index (Phi) is 9.43. The Hall–Kier alpha value is -2.99. The summed E-state index contributed by atoms with van der Waals surface area (Å²) in [5.41, 5.74) is -2.15. The fraction of sp³-hybridized carbons (Fsp3) is 0.481. The Morgan fingerprint density at radius 3 is 1.67 bits per heavy atom. The zero-order valence-electron chi connectivity index (χ0n) is 21.6. The molecule has 36 heavy (non-hydrogen) atoms. The smallest absolute Gasteiger partial charge is 0.236 e. The van der Waals surface area contributed by atoms with Gasteiger partial charge < -0.3 is 28.2 Å². The van der Waals surface area contributed by atoms with Gasteiger partial charge in [-0.15, -0.1) is 0 Å². The highest BCUT2D eigenvalue weighted by molar-refractivity contribution is 7.96. The van der Waals surface area contributed by atoms with Gasteiger partial charge in [0, 0.05) is 17.8 Å². The fourth-order valence-electron chi connectivity index (χ4n) is 4.69. The van der Waals surface area contributed by atoms with E-state index in [2.05, 4.69) is 0 Å². The van der Waals surface area contributed by atoms with Crippen molar-refractivity contribution >= 4 is 18.2 Å². The Labute approximate surface area is 212 Å². The largest absolute Gasteiger partial charge is 0.496 e. The van der Waals surface area contributed by atoms with Crippen LogP contribution in [0.1, 0.15) is 66.7 Å². The van der Waals surface area contributed by atoms with Crippen molar-refractivity contribution in [2.24, 2.45) is 0 Å². The standard InChI is InChI=1S/C27H35O8P/c1-6-34-20-14-11-15-21(35-7-2)24(20)26(28)36(30,19-12-9-8-10-13-19)27(29)25-22(32-4)16-18(31-3)17-23(25)33-5/h11,14-17,19H,6-10,12-13H2,1-5H3. The minimum absolute atomic E-state index is 0.0325. The van der Waals surface area contributed by atoms with Gasteiger partial charge in [0.1, 0.15) is 39.9 Å². The summed E-state index contributed by atoms with van der Waals surface area (Å²) in [5, 5.41) is 0. The highest BCUT2D eigenvalue weighted by Gasteiger charge is 2.51. The second kappa shape index (κ2) is 12.3. The lowest BCUT2D eigenvalue weighted by Crippen LogP contribution is -2.25. The topological polar surface area (TPSA) is 97.4 Å². The molecule has 0 aromatic heterocycles. The lowest BCUT2D eigenvalue weighted by molar-refractivity contribution is 0.102. The Morgan fingerprint density at radius 1 is 0.778 bits per heavy atom. The molecule has 0 radical (unpaired) electrons. The number of hydrogen-bond donors (Lipinski definition) is 0. The van der Waals surface area contributed by atoms with Crippen LogP contribution in [0.25, 0.3) is 0 Å². The molecule has 0 bridgehead atoms. The van der Waals surface area contributed by atoms with Crippen molar-refractivity contribution in [2.75, 3.05) is 34.5 Å². The SMILES string of the molecule is CCOc1cccc(OCC)c1C(=O)P(=O)(C(=O)c1c(OC)cc(OC)cc1OC)C1CCCCC1. The molecule has 0 saturated heterocycles. The second-order valence-electron chi connectivity index (χ2n) is 8.46. The third-order valence-electron chi connectivity index (χ3n) is 6.42. The lowest BCUT2D eigenvalue weighted by Gasteiger charge is -2.30. The number of carbonyl (C=O) groups is 2. The van der Waals surface area contributed by atoms with Crippen LogP contribution in [0.3, 0.4) is 0 Å². The zero-order valence-corrected chi connectivity index (χ0v) is 22.5. The molecular weight excluding hydrogens is 483 g/mol. The molecule has 0 spiro atoms. The van der Waals surface area contributed by atoms with Crippen LogP contribution >= 0.6 is 7.14 Å². The molecule has 0 N–H and O–H groups in total. The van der Waals surface area contributed by atoms with Gasteiger partial charge >= 0.3 is 0 Å². The van der Waals surface area contributed by atoms with E-state index in [9.17, 15) is 9.59 Å². The molecule has 2 aromatic rings. The van der Waals surface area contributed by atoms with E-state index < -0.39 is 23.8 Å². The van der Waals surface area contributed by atoms with E-state index in [4.69, 9.17) is 23.7 Å². The fourth-order valence-corrected chi connectivity index (χ4v) is 7.74. The first-order valence-corrected chi connectivity index (χ1v) is 14.0. The molecule has 1 saturated carbocycles. The Bertz CT molecular complexity index is 1090. The highest BCUT2D eigenvalue weighted by Crippen LogP contribution is 2.63. The van der Waals surface area contributed by atoms with Gasteiger partial charge in [0.05, 0.1) is 34.5 Å². The van der Waals surface area contributed by atoms with Crippen LogP contribution in [-0.2, 0) is 4.57 Å². The zero-order chi connectivity index (χ0) is 26.3. The molecule has 1 fully saturated rings. The highest BCUT2D eigenvalue weighted by atomic mass is 31.2. The van der Waals surface area contributed by atoms with Crippen LogP contribution in [0.15, 0.2) is 30.3 Å². The van der Waals surface area contributed by atoms with Crippen molar-refractivity contribution in [3.05, 3.63) is 41.5 Å². The van der Waals surface area contributed by atoms with Gasteiger partial charge in [0.15, 0.2) is 0 Å². The van der Waals surface area contributed by atoms with Crippen molar-refractivity contribution in [3.63, 3.8) is 0 Å². The van der Waals surface area contributed by atoms with Crippen LogP contribution in [0.5, 0.6) is 28.7 Å². The van der Waals surface area contributed by atoms with Gasteiger partial charge in [0.25, 0.3) is 0 Å². The van der Waals surface area contributed by atoms with Crippen molar-refractivity contribution in [1.82, 2.24) is 0 Å². The van der Waals surface area contributed by atoms with Crippen molar-refractivity contribution < 1.29 is 37.8 Å². The summed E-state index contributed by atoms with van der Waals surface area (Å²) in [4.78, 5) is 28.7. The first-order valence-electron chi connectivity index (χ1n) is 12.2. The molecule has 0 heterocycles.